The van der Waals surface area contributed by atoms with Crippen LogP contribution in [0.5, 0.6) is 0 Å². The van der Waals surface area contributed by atoms with Crippen molar-refractivity contribution in [2.45, 2.75) is 31.8 Å². The van der Waals surface area contributed by atoms with Gasteiger partial charge in [-0.1, -0.05) is 0 Å². The van der Waals surface area contributed by atoms with Crippen LogP contribution in [0.15, 0.2) is 0 Å². The topological polar surface area (TPSA) is 102 Å². The number of ether oxygens (including phenoxy) is 3. The molecule has 0 spiro atoms. The molecule has 0 amide bonds. The van der Waals surface area contributed by atoms with Crippen LogP contribution in [0.25, 0.3) is 0 Å². The van der Waals surface area contributed by atoms with Crippen molar-refractivity contribution >= 4 is 11.9 Å². The predicted octanol–water partition coefficient (Wildman–Crippen LogP) is -0.350. The fourth-order valence-electron chi connectivity index (χ4n) is 1.12. The lowest BCUT2D eigenvalue weighted by atomic mass is 10.2. The molecule has 0 aromatic carbocycles. The standard InChI is InChI=1S/C8H12O7/c1-8(2)14-3-13-4(6(9)10)5(15-8)7(11)12/h4-5H,3H2,1-2H3,(H,9,10)(H,11,12). The van der Waals surface area contributed by atoms with Crippen LogP contribution in [0, 0.1) is 0 Å². The molecular weight excluding hydrogens is 208 g/mol. The number of hydrogen-bond donors (Lipinski definition) is 2. The molecule has 2 atom stereocenters. The third kappa shape index (κ3) is 2.88. The number of aliphatic carboxylic acids is 2. The van der Waals surface area contributed by atoms with Gasteiger partial charge >= 0.3 is 11.9 Å². The first-order valence-electron chi connectivity index (χ1n) is 4.22. The predicted molar refractivity (Wildman–Crippen MR) is 45.0 cm³/mol. The van der Waals surface area contributed by atoms with Crippen LogP contribution < -0.4 is 0 Å². The highest BCUT2D eigenvalue weighted by atomic mass is 16.8. The van der Waals surface area contributed by atoms with Crippen LogP contribution in [-0.4, -0.2) is 46.9 Å². The van der Waals surface area contributed by atoms with Crippen LogP contribution in [0.4, 0.5) is 0 Å². The minimum Gasteiger partial charge on any atom is -0.479 e. The first-order valence-corrected chi connectivity index (χ1v) is 4.22. The fraction of sp³-hybridized carbons (Fsp3) is 0.750. The second kappa shape index (κ2) is 4.13. The Bertz CT molecular complexity index is 272. The van der Waals surface area contributed by atoms with E-state index in [1.807, 2.05) is 0 Å². The van der Waals surface area contributed by atoms with Crippen LogP contribution in [0.1, 0.15) is 13.8 Å². The van der Waals surface area contributed by atoms with Gasteiger partial charge in [0.25, 0.3) is 0 Å². The second-order valence-corrected chi connectivity index (χ2v) is 3.46. The van der Waals surface area contributed by atoms with E-state index in [4.69, 9.17) is 24.4 Å². The van der Waals surface area contributed by atoms with Crippen LogP contribution in [-0.2, 0) is 23.8 Å². The summed E-state index contributed by atoms with van der Waals surface area (Å²) in [7, 11) is 0. The van der Waals surface area contributed by atoms with Gasteiger partial charge in [0.05, 0.1) is 0 Å². The van der Waals surface area contributed by atoms with E-state index in [1.165, 1.54) is 13.8 Å². The lowest BCUT2D eigenvalue weighted by Crippen LogP contribution is -2.45. The van der Waals surface area contributed by atoms with Crippen molar-refractivity contribution < 1.29 is 34.0 Å². The Morgan fingerprint density at radius 2 is 1.73 bits per heavy atom. The van der Waals surface area contributed by atoms with Gasteiger partial charge < -0.3 is 24.4 Å². The number of carboxylic acids is 2. The number of rotatable bonds is 2. The zero-order valence-corrected chi connectivity index (χ0v) is 8.30. The molecule has 0 aliphatic carbocycles. The Morgan fingerprint density at radius 1 is 1.20 bits per heavy atom. The van der Waals surface area contributed by atoms with E-state index in [2.05, 4.69) is 0 Å². The fourth-order valence-corrected chi connectivity index (χ4v) is 1.12. The van der Waals surface area contributed by atoms with E-state index in [-0.39, 0.29) is 6.79 Å². The van der Waals surface area contributed by atoms with E-state index in [1.54, 1.807) is 0 Å². The Kier molecular flexibility index (Phi) is 3.28. The van der Waals surface area contributed by atoms with Crippen molar-refractivity contribution in [3.05, 3.63) is 0 Å². The summed E-state index contributed by atoms with van der Waals surface area (Å²) in [6.07, 6.45) is -3.15. The molecular formula is C8H12O7. The minimum absolute atomic E-state index is 0.326. The molecule has 1 aliphatic rings. The summed E-state index contributed by atoms with van der Waals surface area (Å²) in [6, 6.07) is 0. The van der Waals surface area contributed by atoms with Crippen LogP contribution in [0.2, 0.25) is 0 Å². The van der Waals surface area contributed by atoms with Gasteiger partial charge in [0.2, 0.25) is 0 Å². The van der Waals surface area contributed by atoms with Gasteiger partial charge in [-0.3, -0.25) is 0 Å². The molecule has 1 heterocycles. The molecule has 7 nitrogen and oxygen atoms in total. The normalized spacial score (nSPS) is 30.5. The SMILES string of the molecule is CC1(C)OCOC(C(=O)O)C(C(=O)O)O1. The number of carboxylic acid groups (broad SMARTS) is 2. The van der Waals surface area contributed by atoms with Gasteiger partial charge in [-0.2, -0.15) is 0 Å². The van der Waals surface area contributed by atoms with E-state index in [9.17, 15) is 9.59 Å². The minimum atomic E-state index is -1.58. The van der Waals surface area contributed by atoms with E-state index in [0.717, 1.165) is 0 Å². The summed E-state index contributed by atoms with van der Waals surface area (Å²) in [4.78, 5) is 21.5. The molecule has 1 saturated heterocycles. The zero-order valence-electron chi connectivity index (χ0n) is 8.30. The molecule has 0 radical (unpaired) electrons. The van der Waals surface area contributed by atoms with Crippen molar-refractivity contribution in [1.82, 2.24) is 0 Å². The average molecular weight is 220 g/mol. The van der Waals surface area contributed by atoms with Gasteiger partial charge in [-0.15, -0.1) is 0 Å². The molecule has 2 unspecified atom stereocenters. The number of carbonyl (C=O) groups is 2. The van der Waals surface area contributed by atoms with Crippen LogP contribution in [0.3, 0.4) is 0 Å². The van der Waals surface area contributed by atoms with Gasteiger partial charge in [-0.25, -0.2) is 9.59 Å². The summed E-state index contributed by atoms with van der Waals surface area (Å²) < 4.78 is 14.7. The highest BCUT2D eigenvalue weighted by Crippen LogP contribution is 2.21. The maximum Gasteiger partial charge on any atom is 0.336 e. The van der Waals surface area contributed by atoms with Crippen molar-refractivity contribution in [1.29, 1.82) is 0 Å². The maximum absolute atomic E-state index is 10.8. The number of hydrogen-bond acceptors (Lipinski definition) is 5. The van der Waals surface area contributed by atoms with Crippen molar-refractivity contribution in [3.63, 3.8) is 0 Å². The molecule has 15 heavy (non-hydrogen) atoms. The van der Waals surface area contributed by atoms with E-state index < -0.39 is 29.9 Å². The highest BCUT2D eigenvalue weighted by molar-refractivity contribution is 5.83. The first-order chi connectivity index (χ1) is 6.83. The molecule has 7 heteroatoms. The molecule has 0 saturated carbocycles. The van der Waals surface area contributed by atoms with E-state index >= 15 is 0 Å². The zero-order chi connectivity index (χ0) is 11.6. The molecule has 1 rings (SSSR count). The molecule has 1 fully saturated rings. The van der Waals surface area contributed by atoms with Crippen molar-refractivity contribution in [2.24, 2.45) is 0 Å². The van der Waals surface area contributed by atoms with Crippen LogP contribution >= 0.6 is 0 Å². The Balaban J connectivity index is 2.89. The second-order valence-electron chi connectivity index (χ2n) is 3.46. The first kappa shape index (κ1) is 11.9. The largest absolute Gasteiger partial charge is 0.479 e. The molecule has 1 aliphatic heterocycles. The molecule has 0 aromatic rings. The van der Waals surface area contributed by atoms with Gasteiger partial charge in [0.15, 0.2) is 24.8 Å². The Morgan fingerprint density at radius 3 is 2.20 bits per heavy atom. The summed E-state index contributed by atoms with van der Waals surface area (Å²) in [5, 5.41) is 17.5. The van der Waals surface area contributed by atoms with E-state index in [0.29, 0.717) is 0 Å². The van der Waals surface area contributed by atoms with Gasteiger partial charge in [0, 0.05) is 0 Å². The van der Waals surface area contributed by atoms with Crippen molar-refractivity contribution in [3.8, 4) is 0 Å². The van der Waals surface area contributed by atoms with Crippen molar-refractivity contribution in [2.75, 3.05) is 6.79 Å². The summed E-state index contributed by atoms with van der Waals surface area (Å²) in [5.74, 6) is -3.99. The monoisotopic (exact) mass is 220 g/mol. The third-order valence-corrected chi connectivity index (χ3v) is 1.83. The molecule has 0 aromatic heterocycles. The summed E-state index contributed by atoms with van der Waals surface area (Å²) >= 11 is 0. The summed E-state index contributed by atoms with van der Waals surface area (Å²) in [5.41, 5.74) is 0. The lowest BCUT2D eigenvalue weighted by molar-refractivity contribution is -0.234. The Hall–Kier alpha value is -1.18. The Labute approximate surface area is 85.5 Å². The summed E-state index contributed by atoms with van der Waals surface area (Å²) in [6.45, 7) is 2.64. The quantitative estimate of drug-likeness (QED) is 0.655. The molecule has 2 N–H and O–H groups in total. The average Bonchev–Trinajstić information content (AvgIpc) is 2.23. The highest BCUT2D eigenvalue weighted by Gasteiger charge is 2.42. The maximum atomic E-state index is 10.8. The third-order valence-electron chi connectivity index (χ3n) is 1.83. The smallest absolute Gasteiger partial charge is 0.336 e. The van der Waals surface area contributed by atoms with Gasteiger partial charge in [-0.05, 0) is 13.8 Å². The molecule has 0 bridgehead atoms. The molecule has 86 valence electrons. The van der Waals surface area contributed by atoms with Gasteiger partial charge in [0.1, 0.15) is 0 Å². The lowest BCUT2D eigenvalue weighted by Gasteiger charge is -2.25.